The second-order valence-electron chi connectivity index (χ2n) is 7.04. The zero-order chi connectivity index (χ0) is 21.0. The quantitative estimate of drug-likeness (QED) is 0.249. The number of nitro benzene ring substituents is 1. The number of aromatic hydroxyl groups is 1. The van der Waals surface area contributed by atoms with Gasteiger partial charge in [-0.25, -0.2) is 0 Å². The van der Waals surface area contributed by atoms with Gasteiger partial charge in [0.1, 0.15) is 35.1 Å². The van der Waals surface area contributed by atoms with Crippen LogP contribution in [0.1, 0.15) is 5.56 Å². The molecule has 0 spiro atoms. The summed E-state index contributed by atoms with van der Waals surface area (Å²) in [5, 5.41) is 25.5. The molecule has 0 saturated carbocycles. The number of hydrogen-bond acceptors (Lipinski definition) is 3. The van der Waals surface area contributed by atoms with E-state index in [0.717, 1.165) is 15.9 Å². The van der Waals surface area contributed by atoms with Crippen LogP contribution in [0.15, 0.2) is 109 Å². The van der Waals surface area contributed by atoms with Gasteiger partial charge < -0.3 is 5.11 Å². The molecule has 4 nitrogen and oxygen atoms in total. The highest BCUT2D eigenvalue weighted by Gasteiger charge is 2.46. The third-order valence-electron chi connectivity index (χ3n) is 5.27. The molecule has 156 valence electrons. The first-order chi connectivity index (χ1) is 14.6. The smallest absolute Gasteiger partial charge is 0.270 e. The minimum absolute atomic E-state index is 0. The number of phenols is 1. The molecule has 0 heterocycles. The van der Waals surface area contributed by atoms with Gasteiger partial charge >= 0.3 is 0 Å². The lowest BCUT2D eigenvalue weighted by Gasteiger charge is -2.28. The first kappa shape index (κ1) is 22.5. The molecule has 0 aliphatic heterocycles. The van der Waals surface area contributed by atoms with Crippen LogP contribution in [0.2, 0.25) is 0 Å². The van der Waals surface area contributed by atoms with E-state index >= 15 is 0 Å². The van der Waals surface area contributed by atoms with Crippen molar-refractivity contribution in [2.45, 2.75) is 6.16 Å². The first-order valence-corrected chi connectivity index (χ1v) is 11.6. The number of nitrogens with zero attached hydrogens (tertiary/aromatic N) is 1. The van der Waals surface area contributed by atoms with Gasteiger partial charge in [0.2, 0.25) is 0 Å². The van der Waals surface area contributed by atoms with Crippen LogP contribution in [0.5, 0.6) is 5.75 Å². The van der Waals surface area contributed by atoms with Crippen molar-refractivity contribution in [2.75, 3.05) is 0 Å². The topological polar surface area (TPSA) is 63.4 Å². The predicted molar refractivity (Wildman–Crippen MR) is 131 cm³/mol. The van der Waals surface area contributed by atoms with E-state index in [1.807, 2.05) is 54.6 Å². The Labute approximate surface area is 188 Å². The molecule has 0 fully saturated rings. The fourth-order valence-corrected chi connectivity index (χ4v) is 8.09. The van der Waals surface area contributed by atoms with Gasteiger partial charge in [-0.15, -0.1) is 12.4 Å². The van der Waals surface area contributed by atoms with E-state index in [-0.39, 0.29) is 23.8 Å². The van der Waals surface area contributed by atoms with Crippen molar-refractivity contribution in [1.29, 1.82) is 0 Å². The molecular formula is C25H22ClNO3P+. The molecule has 4 rings (SSSR count). The number of hydrogen-bond donors (Lipinski definition) is 1. The van der Waals surface area contributed by atoms with Gasteiger partial charge in [-0.3, -0.25) is 10.1 Å². The standard InChI is InChI=1S/C25H20NO3P.ClH/c27-25-17-16-21(26(28)29)18-20(25)19-30(22-10-4-1-5-11-22,23-12-6-2-7-13-23)24-14-8-3-9-15-24;/h1-18H,19H2;1H/p+1. The van der Waals surface area contributed by atoms with Crippen molar-refractivity contribution in [2.24, 2.45) is 0 Å². The van der Waals surface area contributed by atoms with Crippen molar-refractivity contribution >= 4 is 41.3 Å². The van der Waals surface area contributed by atoms with E-state index in [0.29, 0.717) is 11.7 Å². The summed E-state index contributed by atoms with van der Waals surface area (Å²) in [7, 11) is -2.23. The second kappa shape index (κ2) is 9.74. The molecule has 0 atom stereocenters. The Balaban J connectivity index is 0.00000272. The molecule has 0 aromatic heterocycles. The Morgan fingerprint density at radius 3 is 1.52 bits per heavy atom. The lowest BCUT2D eigenvalue weighted by Crippen LogP contribution is -2.32. The maximum Gasteiger partial charge on any atom is 0.270 e. The van der Waals surface area contributed by atoms with Gasteiger partial charge in [0.05, 0.1) is 4.92 Å². The Kier molecular flexibility index (Phi) is 7.06. The van der Waals surface area contributed by atoms with Gasteiger partial charge in [-0.1, -0.05) is 54.6 Å². The highest BCUT2D eigenvalue weighted by atomic mass is 35.5. The Hall–Kier alpha value is -3.20. The fourth-order valence-electron chi connectivity index (χ4n) is 3.84. The van der Waals surface area contributed by atoms with Crippen molar-refractivity contribution in [3.63, 3.8) is 0 Å². The number of benzene rings is 4. The summed E-state index contributed by atoms with van der Waals surface area (Å²) >= 11 is 0. The van der Waals surface area contributed by atoms with Crippen molar-refractivity contribution in [1.82, 2.24) is 0 Å². The van der Waals surface area contributed by atoms with Crippen molar-refractivity contribution in [3.05, 3.63) is 125 Å². The summed E-state index contributed by atoms with van der Waals surface area (Å²) in [6.45, 7) is 0. The van der Waals surface area contributed by atoms with Gasteiger partial charge in [0, 0.05) is 17.7 Å². The maximum absolute atomic E-state index is 11.4. The van der Waals surface area contributed by atoms with Crippen LogP contribution < -0.4 is 15.9 Å². The molecule has 0 saturated heterocycles. The van der Waals surface area contributed by atoms with Crippen molar-refractivity contribution in [3.8, 4) is 5.75 Å². The Bertz CT molecular complexity index is 1060. The van der Waals surface area contributed by atoms with Gasteiger partial charge in [-0.05, 0) is 42.5 Å². The normalized spacial score (nSPS) is 10.8. The molecule has 0 aliphatic rings. The number of halogens is 1. The summed E-state index contributed by atoms with van der Waals surface area (Å²) in [6.07, 6.45) is 0.485. The van der Waals surface area contributed by atoms with Gasteiger partial charge in [0.25, 0.3) is 5.69 Å². The largest absolute Gasteiger partial charge is 0.508 e. The summed E-state index contributed by atoms with van der Waals surface area (Å²) in [4.78, 5) is 11.0. The van der Waals surface area contributed by atoms with Crippen LogP contribution >= 0.6 is 19.7 Å². The molecular weight excluding hydrogens is 429 g/mol. The number of phenolic OH excluding ortho intramolecular Hbond substituents is 1. The van der Waals surface area contributed by atoms with Crippen LogP contribution in [0, 0.1) is 10.1 Å². The van der Waals surface area contributed by atoms with Gasteiger partial charge in [0.15, 0.2) is 0 Å². The summed E-state index contributed by atoms with van der Waals surface area (Å²) in [6, 6.07) is 35.0. The molecule has 0 unspecified atom stereocenters. The van der Waals surface area contributed by atoms with Gasteiger partial charge in [-0.2, -0.15) is 0 Å². The molecule has 4 aromatic rings. The molecule has 1 N–H and O–H groups in total. The molecule has 0 amide bonds. The number of rotatable bonds is 6. The van der Waals surface area contributed by atoms with E-state index in [1.54, 1.807) is 0 Å². The summed E-state index contributed by atoms with van der Waals surface area (Å²) < 4.78 is 0. The summed E-state index contributed by atoms with van der Waals surface area (Å²) in [5.41, 5.74) is 0.559. The minimum atomic E-state index is -2.23. The SMILES string of the molecule is Cl.O=[N+]([O-])c1ccc(O)c(C[P+](c2ccccc2)(c2ccccc2)c2ccccc2)c1. The third-order valence-corrected chi connectivity index (χ3v) is 9.63. The third kappa shape index (κ3) is 4.46. The highest BCUT2D eigenvalue weighted by molar-refractivity contribution is 7.95. The molecule has 0 radical (unpaired) electrons. The van der Waals surface area contributed by atoms with Crippen LogP contribution in [-0.4, -0.2) is 10.0 Å². The lowest BCUT2D eigenvalue weighted by atomic mass is 10.2. The van der Waals surface area contributed by atoms with E-state index in [2.05, 4.69) is 36.4 Å². The molecule has 31 heavy (non-hydrogen) atoms. The van der Waals surface area contributed by atoms with Crippen LogP contribution in [0.4, 0.5) is 5.69 Å². The molecule has 6 heteroatoms. The van der Waals surface area contributed by atoms with E-state index < -0.39 is 12.2 Å². The fraction of sp³-hybridized carbons (Fsp3) is 0.0400. The minimum Gasteiger partial charge on any atom is -0.508 e. The average molecular weight is 451 g/mol. The van der Waals surface area contributed by atoms with Crippen LogP contribution in [0.25, 0.3) is 0 Å². The summed E-state index contributed by atoms with van der Waals surface area (Å²) in [5.74, 6) is 0.0766. The average Bonchev–Trinajstić information content (AvgIpc) is 2.80. The monoisotopic (exact) mass is 450 g/mol. The molecule has 4 aromatic carbocycles. The lowest BCUT2D eigenvalue weighted by molar-refractivity contribution is -0.384. The van der Waals surface area contributed by atoms with Crippen LogP contribution in [-0.2, 0) is 6.16 Å². The Morgan fingerprint density at radius 2 is 1.13 bits per heavy atom. The number of non-ortho nitro benzene ring substituents is 1. The maximum atomic E-state index is 11.4. The molecule has 0 bridgehead atoms. The van der Waals surface area contributed by atoms with E-state index in [1.165, 1.54) is 18.2 Å². The first-order valence-electron chi connectivity index (χ1n) is 9.62. The predicted octanol–water partition coefficient (Wildman–Crippen LogP) is 5.22. The number of nitro groups is 1. The van der Waals surface area contributed by atoms with E-state index in [4.69, 9.17) is 0 Å². The second-order valence-corrected chi connectivity index (χ2v) is 10.5. The van der Waals surface area contributed by atoms with Crippen LogP contribution in [0.3, 0.4) is 0 Å². The Morgan fingerprint density at radius 1 is 0.710 bits per heavy atom. The zero-order valence-electron chi connectivity index (χ0n) is 16.7. The van der Waals surface area contributed by atoms with E-state index in [9.17, 15) is 15.2 Å². The zero-order valence-corrected chi connectivity index (χ0v) is 18.4. The molecule has 0 aliphatic carbocycles. The highest BCUT2D eigenvalue weighted by Crippen LogP contribution is 2.59. The van der Waals surface area contributed by atoms with Crippen molar-refractivity contribution < 1.29 is 10.0 Å².